The van der Waals surface area contributed by atoms with Crippen LogP contribution in [0.5, 0.6) is 0 Å². The third-order valence-electron chi connectivity index (χ3n) is 5.66. The van der Waals surface area contributed by atoms with Gasteiger partial charge in [0.1, 0.15) is 0 Å². The lowest BCUT2D eigenvalue weighted by molar-refractivity contribution is 0.259. The maximum atomic E-state index is 4.93. The largest absolute Gasteiger partial charge is 0.357 e. The zero-order valence-electron chi connectivity index (χ0n) is 17.2. The van der Waals surface area contributed by atoms with Crippen LogP contribution >= 0.6 is 0 Å². The van der Waals surface area contributed by atoms with Crippen LogP contribution in [-0.4, -0.2) is 40.3 Å². The summed E-state index contributed by atoms with van der Waals surface area (Å²) in [5.41, 5.74) is 4.98. The van der Waals surface area contributed by atoms with Crippen LogP contribution in [0.3, 0.4) is 0 Å². The maximum Gasteiger partial charge on any atom is 0.194 e. The minimum Gasteiger partial charge on any atom is -0.357 e. The summed E-state index contributed by atoms with van der Waals surface area (Å²) in [6.07, 6.45) is 3.64. The van der Waals surface area contributed by atoms with Gasteiger partial charge < -0.3 is 10.2 Å². The molecule has 0 aliphatic carbocycles. The van der Waals surface area contributed by atoms with Crippen molar-refractivity contribution in [1.82, 2.24) is 20.0 Å². The Kier molecular flexibility index (Phi) is 6.54. The number of nitrogens with zero attached hydrogens (tertiary/aromatic N) is 4. The number of aromatic nitrogens is 2. The van der Waals surface area contributed by atoms with Crippen molar-refractivity contribution in [3.63, 3.8) is 0 Å². The Hall–Kier alpha value is -2.30. The van der Waals surface area contributed by atoms with Gasteiger partial charge in [0.25, 0.3) is 0 Å². The predicted molar refractivity (Wildman–Crippen MR) is 112 cm³/mol. The number of hydrogen-bond donors (Lipinski definition) is 1. The summed E-state index contributed by atoms with van der Waals surface area (Å²) in [6, 6.07) is 10.9. The van der Waals surface area contributed by atoms with E-state index in [0.717, 1.165) is 37.2 Å². The molecule has 0 amide bonds. The fourth-order valence-corrected chi connectivity index (χ4v) is 3.92. The molecule has 1 aliphatic rings. The van der Waals surface area contributed by atoms with Gasteiger partial charge in [-0.1, -0.05) is 30.3 Å². The number of benzene rings is 1. The van der Waals surface area contributed by atoms with Gasteiger partial charge in [-0.3, -0.25) is 4.68 Å². The molecule has 3 rings (SSSR count). The summed E-state index contributed by atoms with van der Waals surface area (Å²) in [5.74, 6) is 1.81. The number of likely N-dealkylation sites (tertiary alicyclic amines) is 1. The van der Waals surface area contributed by atoms with Gasteiger partial charge in [-0.15, -0.1) is 0 Å². The molecule has 1 aromatic carbocycles. The zero-order valence-corrected chi connectivity index (χ0v) is 17.2. The highest BCUT2D eigenvalue weighted by atomic mass is 15.3. The SMILES string of the molecule is CCNC(=NCc1c(C)nn(C)c1C)N1CCC(Cc2ccccc2)CC1. The predicted octanol–water partition coefficient (Wildman–Crippen LogP) is 3.46. The number of rotatable bonds is 5. The van der Waals surface area contributed by atoms with E-state index in [4.69, 9.17) is 4.99 Å². The van der Waals surface area contributed by atoms with E-state index in [2.05, 4.69) is 66.4 Å². The fourth-order valence-electron chi connectivity index (χ4n) is 3.92. The molecule has 5 heteroatoms. The second-order valence-electron chi connectivity index (χ2n) is 7.56. The van der Waals surface area contributed by atoms with E-state index in [1.54, 1.807) is 0 Å². The van der Waals surface area contributed by atoms with Crippen LogP contribution in [0.15, 0.2) is 35.3 Å². The van der Waals surface area contributed by atoms with E-state index in [1.807, 2.05) is 11.7 Å². The average Bonchev–Trinajstić information content (AvgIpc) is 2.92. The lowest BCUT2D eigenvalue weighted by atomic mass is 9.90. The highest BCUT2D eigenvalue weighted by Gasteiger charge is 2.22. The van der Waals surface area contributed by atoms with Crippen molar-refractivity contribution in [2.75, 3.05) is 19.6 Å². The van der Waals surface area contributed by atoms with Crippen LogP contribution in [0, 0.1) is 19.8 Å². The van der Waals surface area contributed by atoms with Gasteiger partial charge in [-0.25, -0.2) is 4.99 Å². The Balaban J connectivity index is 1.60. The molecule has 0 unspecified atom stereocenters. The summed E-state index contributed by atoms with van der Waals surface area (Å²) in [4.78, 5) is 7.35. The molecule has 1 fully saturated rings. The number of hydrogen-bond acceptors (Lipinski definition) is 2. The molecule has 2 heterocycles. The highest BCUT2D eigenvalue weighted by Crippen LogP contribution is 2.22. The van der Waals surface area contributed by atoms with Crippen LogP contribution in [0.4, 0.5) is 0 Å². The molecule has 0 spiro atoms. The van der Waals surface area contributed by atoms with Crippen molar-refractivity contribution in [2.45, 2.75) is 46.6 Å². The van der Waals surface area contributed by atoms with Crippen LogP contribution in [0.25, 0.3) is 0 Å². The van der Waals surface area contributed by atoms with Gasteiger partial charge in [-0.05, 0) is 51.5 Å². The van der Waals surface area contributed by atoms with Gasteiger partial charge in [0.05, 0.1) is 12.2 Å². The highest BCUT2D eigenvalue weighted by molar-refractivity contribution is 5.80. The van der Waals surface area contributed by atoms with E-state index >= 15 is 0 Å². The van der Waals surface area contributed by atoms with Gasteiger partial charge in [0.15, 0.2) is 5.96 Å². The molecule has 2 aromatic rings. The second-order valence-corrected chi connectivity index (χ2v) is 7.56. The van der Waals surface area contributed by atoms with E-state index in [9.17, 15) is 0 Å². The maximum absolute atomic E-state index is 4.93. The second kappa shape index (κ2) is 9.07. The number of nitrogens with one attached hydrogen (secondary N) is 1. The fraction of sp³-hybridized carbons (Fsp3) is 0.545. The van der Waals surface area contributed by atoms with Crippen molar-refractivity contribution in [3.8, 4) is 0 Å². The van der Waals surface area contributed by atoms with E-state index in [1.165, 1.54) is 36.1 Å². The summed E-state index contributed by atoms with van der Waals surface area (Å²) in [5, 5.41) is 7.99. The Morgan fingerprint density at radius 1 is 1.19 bits per heavy atom. The van der Waals surface area contributed by atoms with E-state index < -0.39 is 0 Å². The van der Waals surface area contributed by atoms with Gasteiger partial charge >= 0.3 is 0 Å². The monoisotopic (exact) mass is 367 g/mol. The Morgan fingerprint density at radius 3 is 2.48 bits per heavy atom. The number of aliphatic imine (C=N–C) groups is 1. The van der Waals surface area contributed by atoms with Crippen LogP contribution in [0.2, 0.25) is 0 Å². The third-order valence-corrected chi connectivity index (χ3v) is 5.66. The molecule has 0 radical (unpaired) electrons. The lowest BCUT2D eigenvalue weighted by Crippen LogP contribution is -2.45. The third kappa shape index (κ3) is 4.90. The normalized spacial score (nSPS) is 16.0. The minimum absolute atomic E-state index is 0.692. The lowest BCUT2D eigenvalue weighted by Gasteiger charge is -2.34. The number of aryl methyl sites for hydroxylation is 2. The van der Waals surface area contributed by atoms with Crippen molar-refractivity contribution >= 4 is 5.96 Å². The summed E-state index contributed by atoms with van der Waals surface area (Å²) in [6.45, 7) is 10.1. The van der Waals surface area contributed by atoms with Crippen LogP contribution in [-0.2, 0) is 20.0 Å². The molecule has 1 N–H and O–H groups in total. The number of guanidine groups is 1. The molecule has 0 atom stereocenters. The first-order valence-corrected chi connectivity index (χ1v) is 10.1. The first kappa shape index (κ1) is 19.5. The minimum atomic E-state index is 0.692. The van der Waals surface area contributed by atoms with Crippen molar-refractivity contribution in [3.05, 3.63) is 52.8 Å². The van der Waals surface area contributed by atoms with Gasteiger partial charge in [0, 0.05) is 37.9 Å². The molecule has 1 aliphatic heterocycles. The topological polar surface area (TPSA) is 45.5 Å². The van der Waals surface area contributed by atoms with E-state index in [0.29, 0.717) is 6.54 Å². The Bertz CT molecular complexity index is 755. The van der Waals surface area contributed by atoms with Crippen LogP contribution < -0.4 is 5.32 Å². The Labute approximate surface area is 163 Å². The van der Waals surface area contributed by atoms with E-state index in [-0.39, 0.29) is 0 Å². The Morgan fingerprint density at radius 2 is 1.89 bits per heavy atom. The summed E-state index contributed by atoms with van der Waals surface area (Å²) < 4.78 is 1.95. The first-order chi connectivity index (χ1) is 13.1. The standard InChI is InChI=1S/C22H33N5/c1-5-23-22(24-16-21-17(2)25-26(4)18(21)3)27-13-11-20(12-14-27)15-19-9-7-6-8-10-19/h6-10,20H,5,11-16H2,1-4H3,(H,23,24). The van der Waals surface area contributed by atoms with Gasteiger partial charge in [0.2, 0.25) is 0 Å². The number of piperidine rings is 1. The molecule has 27 heavy (non-hydrogen) atoms. The van der Waals surface area contributed by atoms with Crippen molar-refractivity contribution < 1.29 is 0 Å². The molecule has 5 nitrogen and oxygen atoms in total. The molecule has 146 valence electrons. The molecule has 1 saturated heterocycles. The zero-order chi connectivity index (χ0) is 19.2. The molecular formula is C22H33N5. The molecule has 1 aromatic heterocycles. The summed E-state index contributed by atoms with van der Waals surface area (Å²) >= 11 is 0. The average molecular weight is 368 g/mol. The van der Waals surface area contributed by atoms with Crippen molar-refractivity contribution in [1.29, 1.82) is 0 Å². The molecule has 0 saturated carbocycles. The molecule has 0 bridgehead atoms. The first-order valence-electron chi connectivity index (χ1n) is 10.1. The summed E-state index contributed by atoms with van der Waals surface area (Å²) in [7, 11) is 2.00. The quantitative estimate of drug-likeness (QED) is 0.650. The molecular weight excluding hydrogens is 334 g/mol. The van der Waals surface area contributed by atoms with Gasteiger partial charge in [-0.2, -0.15) is 5.10 Å². The smallest absolute Gasteiger partial charge is 0.194 e. The van der Waals surface area contributed by atoms with Crippen LogP contribution in [0.1, 0.15) is 42.3 Å². The van der Waals surface area contributed by atoms with Crippen molar-refractivity contribution in [2.24, 2.45) is 18.0 Å².